The van der Waals surface area contributed by atoms with Crippen LogP contribution in [0.1, 0.15) is 28.9 Å². The number of carbonyl (C=O) groups excluding carboxylic acids is 1. The molecular weight excluding hydrogens is 430 g/mol. The fourth-order valence-corrected chi connectivity index (χ4v) is 3.53. The maximum atomic E-state index is 12.3. The Hall–Kier alpha value is -2.93. The van der Waals surface area contributed by atoms with E-state index in [0.29, 0.717) is 5.56 Å². The summed E-state index contributed by atoms with van der Waals surface area (Å²) in [6.07, 6.45) is 2.38. The van der Waals surface area contributed by atoms with Gasteiger partial charge in [-0.2, -0.15) is 4.98 Å². The Balaban J connectivity index is 1.43. The first kappa shape index (κ1) is 19.4. The number of hydrogen-bond acceptors (Lipinski definition) is 5. The second kappa shape index (κ2) is 8.61. The van der Waals surface area contributed by atoms with Gasteiger partial charge in [0.05, 0.1) is 0 Å². The van der Waals surface area contributed by atoms with Crippen molar-refractivity contribution >= 4 is 45.0 Å². The Bertz CT molecular complexity index is 999. The summed E-state index contributed by atoms with van der Waals surface area (Å²) < 4.78 is 0.942. The van der Waals surface area contributed by atoms with Gasteiger partial charge in [-0.15, -0.1) is 0 Å². The molecule has 6 nitrogen and oxygen atoms in total. The monoisotopic (exact) mass is 451 g/mol. The van der Waals surface area contributed by atoms with Crippen molar-refractivity contribution in [2.45, 2.75) is 19.8 Å². The molecule has 1 amide bonds. The van der Waals surface area contributed by atoms with Crippen LogP contribution < -0.4 is 15.5 Å². The zero-order valence-corrected chi connectivity index (χ0v) is 17.7. The van der Waals surface area contributed by atoms with Gasteiger partial charge < -0.3 is 15.5 Å². The summed E-state index contributed by atoms with van der Waals surface area (Å²) in [4.78, 5) is 23.8. The normalized spacial score (nSPS) is 13.4. The first-order valence-corrected chi connectivity index (χ1v) is 10.4. The van der Waals surface area contributed by atoms with Crippen LogP contribution in [-0.2, 0) is 0 Å². The van der Waals surface area contributed by atoms with E-state index in [1.54, 1.807) is 12.1 Å². The SMILES string of the molecule is Cc1cc(Nc2ccc(NC(=O)c3ccc(Br)cc3)cc2)nc(N2CCCC2)n1. The van der Waals surface area contributed by atoms with E-state index in [1.807, 2.05) is 49.4 Å². The Kier molecular flexibility index (Phi) is 5.76. The minimum Gasteiger partial charge on any atom is -0.341 e. The summed E-state index contributed by atoms with van der Waals surface area (Å²) >= 11 is 3.37. The van der Waals surface area contributed by atoms with Gasteiger partial charge in [-0.25, -0.2) is 4.98 Å². The second-order valence-corrected chi connectivity index (χ2v) is 7.97. The van der Waals surface area contributed by atoms with E-state index < -0.39 is 0 Å². The van der Waals surface area contributed by atoms with Crippen LogP contribution in [0.4, 0.5) is 23.1 Å². The van der Waals surface area contributed by atoms with Crippen molar-refractivity contribution in [2.75, 3.05) is 28.6 Å². The predicted molar refractivity (Wildman–Crippen MR) is 120 cm³/mol. The molecule has 7 heteroatoms. The molecule has 1 aliphatic heterocycles. The zero-order valence-electron chi connectivity index (χ0n) is 16.2. The maximum absolute atomic E-state index is 12.3. The van der Waals surface area contributed by atoms with Crippen LogP contribution in [0.15, 0.2) is 59.1 Å². The highest BCUT2D eigenvalue weighted by atomic mass is 79.9. The smallest absolute Gasteiger partial charge is 0.255 e. The Morgan fingerprint density at radius 1 is 0.966 bits per heavy atom. The molecule has 0 saturated carbocycles. The van der Waals surface area contributed by atoms with Crippen LogP contribution >= 0.6 is 15.9 Å². The van der Waals surface area contributed by atoms with Gasteiger partial charge >= 0.3 is 0 Å². The molecule has 2 N–H and O–H groups in total. The number of carbonyl (C=O) groups is 1. The Labute approximate surface area is 178 Å². The lowest BCUT2D eigenvalue weighted by Crippen LogP contribution is -2.21. The molecule has 0 aliphatic carbocycles. The van der Waals surface area contributed by atoms with E-state index in [1.165, 1.54) is 12.8 Å². The number of nitrogens with zero attached hydrogens (tertiary/aromatic N) is 3. The highest BCUT2D eigenvalue weighted by molar-refractivity contribution is 9.10. The summed E-state index contributed by atoms with van der Waals surface area (Å²) in [6.45, 7) is 4.00. The first-order chi connectivity index (χ1) is 14.1. The van der Waals surface area contributed by atoms with Crippen molar-refractivity contribution in [3.63, 3.8) is 0 Å². The number of benzene rings is 2. The summed E-state index contributed by atoms with van der Waals surface area (Å²) in [7, 11) is 0. The third-order valence-electron chi connectivity index (χ3n) is 4.75. The van der Waals surface area contributed by atoms with Crippen LogP contribution in [0.2, 0.25) is 0 Å². The van der Waals surface area contributed by atoms with Gasteiger partial charge in [0, 0.05) is 46.3 Å². The lowest BCUT2D eigenvalue weighted by Gasteiger charge is -2.17. The molecule has 2 heterocycles. The lowest BCUT2D eigenvalue weighted by atomic mass is 10.2. The number of hydrogen-bond donors (Lipinski definition) is 2. The van der Waals surface area contributed by atoms with Gasteiger partial charge in [0.2, 0.25) is 5.95 Å². The fraction of sp³-hybridized carbons (Fsp3) is 0.227. The maximum Gasteiger partial charge on any atom is 0.255 e. The molecule has 4 rings (SSSR count). The molecule has 1 aromatic heterocycles. The largest absolute Gasteiger partial charge is 0.341 e. The minimum atomic E-state index is -0.139. The molecule has 0 spiro atoms. The molecule has 0 bridgehead atoms. The minimum absolute atomic E-state index is 0.139. The molecule has 0 radical (unpaired) electrons. The van der Waals surface area contributed by atoms with E-state index in [9.17, 15) is 4.79 Å². The van der Waals surface area contributed by atoms with E-state index in [4.69, 9.17) is 0 Å². The molecule has 0 atom stereocenters. The van der Waals surface area contributed by atoms with E-state index in [-0.39, 0.29) is 5.91 Å². The highest BCUT2D eigenvalue weighted by Crippen LogP contribution is 2.22. The van der Waals surface area contributed by atoms with Gasteiger partial charge in [0.25, 0.3) is 5.91 Å². The van der Waals surface area contributed by atoms with Crippen molar-refractivity contribution in [1.82, 2.24) is 9.97 Å². The highest BCUT2D eigenvalue weighted by Gasteiger charge is 2.16. The van der Waals surface area contributed by atoms with Crippen molar-refractivity contribution < 1.29 is 4.79 Å². The zero-order chi connectivity index (χ0) is 20.2. The van der Waals surface area contributed by atoms with Gasteiger partial charge in [-0.3, -0.25) is 4.79 Å². The van der Waals surface area contributed by atoms with Crippen LogP contribution in [0, 0.1) is 6.92 Å². The average molecular weight is 452 g/mol. The van der Waals surface area contributed by atoms with E-state index >= 15 is 0 Å². The number of rotatable bonds is 5. The number of nitrogens with one attached hydrogen (secondary N) is 2. The van der Waals surface area contributed by atoms with Crippen molar-refractivity contribution in [1.29, 1.82) is 0 Å². The molecule has 2 aromatic carbocycles. The van der Waals surface area contributed by atoms with Crippen molar-refractivity contribution in [3.05, 3.63) is 70.3 Å². The van der Waals surface area contributed by atoms with E-state index in [2.05, 4.69) is 41.4 Å². The van der Waals surface area contributed by atoms with Crippen molar-refractivity contribution in [2.24, 2.45) is 0 Å². The van der Waals surface area contributed by atoms with Crippen LogP contribution in [-0.4, -0.2) is 29.0 Å². The third kappa shape index (κ3) is 4.92. The summed E-state index contributed by atoms with van der Waals surface area (Å²) in [6, 6.07) is 16.8. The Morgan fingerprint density at radius 3 is 2.31 bits per heavy atom. The van der Waals surface area contributed by atoms with Crippen molar-refractivity contribution in [3.8, 4) is 0 Å². The van der Waals surface area contributed by atoms with Crippen LogP contribution in [0.3, 0.4) is 0 Å². The standard InChI is InChI=1S/C22H22BrN5O/c1-15-14-20(27-22(24-15)28-12-2-3-13-28)25-18-8-10-19(11-9-18)26-21(29)16-4-6-17(23)7-5-16/h4-11,14H,2-3,12-13H2,1H3,(H,26,29)(H,24,25,27). The number of halogens is 1. The Morgan fingerprint density at radius 2 is 1.62 bits per heavy atom. The third-order valence-corrected chi connectivity index (χ3v) is 5.28. The molecule has 1 saturated heterocycles. The number of aromatic nitrogens is 2. The number of aryl methyl sites for hydroxylation is 1. The molecule has 148 valence electrons. The van der Waals surface area contributed by atoms with Gasteiger partial charge in [-0.1, -0.05) is 15.9 Å². The summed E-state index contributed by atoms with van der Waals surface area (Å²) in [5, 5.41) is 6.24. The van der Waals surface area contributed by atoms with Crippen LogP contribution in [0.25, 0.3) is 0 Å². The molecule has 1 fully saturated rings. The average Bonchev–Trinajstić information content (AvgIpc) is 3.24. The molecule has 3 aromatic rings. The number of anilines is 4. The first-order valence-electron chi connectivity index (χ1n) is 9.61. The molecule has 0 unspecified atom stereocenters. The fourth-order valence-electron chi connectivity index (χ4n) is 3.26. The lowest BCUT2D eigenvalue weighted by molar-refractivity contribution is 0.102. The molecule has 29 heavy (non-hydrogen) atoms. The summed E-state index contributed by atoms with van der Waals surface area (Å²) in [5.74, 6) is 1.41. The summed E-state index contributed by atoms with van der Waals surface area (Å²) in [5.41, 5.74) is 3.18. The number of amides is 1. The van der Waals surface area contributed by atoms with Gasteiger partial charge in [-0.05, 0) is 68.3 Å². The second-order valence-electron chi connectivity index (χ2n) is 7.05. The molecule has 1 aliphatic rings. The van der Waals surface area contributed by atoms with Crippen LogP contribution in [0.5, 0.6) is 0 Å². The van der Waals surface area contributed by atoms with Gasteiger partial charge in [0.15, 0.2) is 0 Å². The van der Waals surface area contributed by atoms with Gasteiger partial charge in [0.1, 0.15) is 5.82 Å². The topological polar surface area (TPSA) is 70.2 Å². The predicted octanol–water partition coefficient (Wildman–Crippen LogP) is 5.14. The van der Waals surface area contributed by atoms with E-state index in [0.717, 1.165) is 46.4 Å². The molecular formula is C22H22BrN5O. The quantitative estimate of drug-likeness (QED) is 0.561.